The Morgan fingerprint density at radius 3 is 2.44 bits per heavy atom. The Morgan fingerprint density at radius 1 is 1.15 bits per heavy atom. The van der Waals surface area contributed by atoms with E-state index in [9.17, 15) is 9.59 Å². The Balaban J connectivity index is 1.46. The molecule has 9 nitrogen and oxygen atoms in total. The normalized spacial score (nSPS) is 15.8. The molecule has 2 aromatic heterocycles. The molecule has 1 saturated heterocycles. The first-order valence-electron chi connectivity index (χ1n) is 9.37. The lowest BCUT2D eigenvalue weighted by atomic mass is 9.98. The standard InChI is InChI=1S/C18H27N7O2/c1-12(10-15-13(2)21-22-14(15)3)18(27)25-8-6-24(7-9-25)17(26)5-4-16-19-11-20-23-16/h11-12H,4-10H2,1-3H3,(H,21,22)(H,19,20,23). The Bertz CT molecular complexity index is 756. The molecule has 1 unspecified atom stereocenters. The van der Waals surface area contributed by atoms with Gasteiger partial charge in [0.1, 0.15) is 12.2 Å². The van der Waals surface area contributed by atoms with Crippen LogP contribution >= 0.6 is 0 Å². The predicted molar refractivity (Wildman–Crippen MR) is 98.8 cm³/mol. The van der Waals surface area contributed by atoms with E-state index in [1.165, 1.54) is 6.33 Å². The van der Waals surface area contributed by atoms with Crippen LogP contribution in [-0.4, -0.2) is 73.2 Å². The van der Waals surface area contributed by atoms with E-state index in [0.29, 0.717) is 45.4 Å². The second-order valence-electron chi connectivity index (χ2n) is 7.16. The second kappa shape index (κ2) is 8.32. The topological polar surface area (TPSA) is 111 Å². The van der Waals surface area contributed by atoms with Crippen molar-refractivity contribution in [1.29, 1.82) is 0 Å². The molecule has 2 aromatic rings. The minimum atomic E-state index is -0.103. The summed E-state index contributed by atoms with van der Waals surface area (Å²) in [6.07, 6.45) is 3.08. The fraction of sp³-hybridized carbons (Fsp3) is 0.611. The van der Waals surface area contributed by atoms with Gasteiger partial charge in [0, 0.05) is 50.6 Å². The van der Waals surface area contributed by atoms with E-state index >= 15 is 0 Å². The highest BCUT2D eigenvalue weighted by Crippen LogP contribution is 2.18. The smallest absolute Gasteiger partial charge is 0.225 e. The van der Waals surface area contributed by atoms with Crippen LogP contribution in [0.2, 0.25) is 0 Å². The van der Waals surface area contributed by atoms with Crippen molar-refractivity contribution < 1.29 is 9.59 Å². The molecule has 0 saturated carbocycles. The van der Waals surface area contributed by atoms with Crippen LogP contribution in [0, 0.1) is 19.8 Å². The van der Waals surface area contributed by atoms with Crippen molar-refractivity contribution in [3.8, 4) is 0 Å². The van der Waals surface area contributed by atoms with Crippen LogP contribution in [0.15, 0.2) is 6.33 Å². The van der Waals surface area contributed by atoms with Crippen molar-refractivity contribution in [1.82, 2.24) is 35.2 Å². The first-order valence-corrected chi connectivity index (χ1v) is 9.37. The molecule has 0 spiro atoms. The fourth-order valence-electron chi connectivity index (χ4n) is 3.49. The van der Waals surface area contributed by atoms with Crippen molar-refractivity contribution in [2.45, 2.75) is 40.0 Å². The van der Waals surface area contributed by atoms with Gasteiger partial charge < -0.3 is 9.80 Å². The lowest BCUT2D eigenvalue weighted by molar-refractivity contribution is -0.141. The van der Waals surface area contributed by atoms with Crippen LogP contribution in [0.3, 0.4) is 0 Å². The number of carbonyl (C=O) groups is 2. The number of nitrogens with zero attached hydrogens (tertiary/aromatic N) is 5. The number of aryl methyl sites for hydroxylation is 3. The molecule has 1 aliphatic rings. The molecule has 146 valence electrons. The molecule has 1 atom stereocenters. The number of H-pyrrole nitrogens is 2. The highest BCUT2D eigenvalue weighted by molar-refractivity contribution is 5.80. The van der Waals surface area contributed by atoms with Gasteiger partial charge in [0.15, 0.2) is 0 Å². The quantitative estimate of drug-likeness (QED) is 0.771. The molecule has 1 fully saturated rings. The number of nitrogens with one attached hydrogen (secondary N) is 2. The van der Waals surface area contributed by atoms with Gasteiger partial charge in [0.05, 0.1) is 5.69 Å². The average molecular weight is 373 g/mol. The predicted octanol–water partition coefficient (Wildman–Crippen LogP) is 0.627. The Labute approximate surface area is 158 Å². The van der Waals surface area contributed by atoms with Crippen LogP contribution in [0.1, 0.15) is 36.1 Å². The van der Waals surface area contributed by atoms with E-state index in [4.69, 9.17) is 0 Å². The molecule has 0 bridgehead atoms. The Hall–Kier alpha value is -2.71. The molecule has 0 radical (unpaired) electrons. The van der Waals surface area contributed by atoms with Crippen LogP contribution in [0.4, 0.5) is 0 Å². The van der Waals surface area contributed by atoms with Gasteiger partial charge in [0.25, 0.3) is 0 Å². The lowest BCUT2D eigenvalue weighted by Gasteiger charge is -2.36. The number of hydrogen-bond acceptors (Lipinski definition) is 5. The van der Waals surface area contributed by atoms with Gasteiger partial charge in [-0.05, 0) is 25.8 Å². The summed E-state index contributed by atoms with van der Waals surface area (Å²) >= 11 is 0. The first kappa shape index (κ1) is 19.1. The average Bonchev–Trinajstić information content (AvgIpc) is 3.31. The highest BCUT2D eigenvalue weighted by Gasteiger charge is 2.27. The third-order valence-electron chi connectivity index (χ3n) is 5.20. The SMILES string of the molecule is Cc1n[nH]c(C)c1CC(C)C(=O)N1CCN(C(=O)CCc2ncn[nH]2)CC1. The zero-order valence-electron chi connectivity index (χ0n) is 16.2. The third kappa shape index (κ3) is 4.53. The molecule has 2 amide bonds. The Morgan fingerprint density at radius 2 is 1.85 bits per heavy atom. The number of rotatable bonds is 6. The Kier molecular flexibility index (Phi) is 5.88. The molecule has 2 N–H and O–H groups in total. The third-order valence-corrected chi connectivity index (χ3v) is 5.20. The zero-order valence-corrected chi connectivity index (χ0v) is 16.2. The monoisotopic (exact) mass is 373 g/mol. The van der Waals surface area contributed by atoms with Crippen molar-refractivity contribution in [2.75, 3.05) is 26.2 Å². The number of amides is 2. The number of aromatic nitrogens is 5. The summed E-state index contributed by atoms with van der Waals surface area (Å²) < 4.78 is 0. The lowest BCUT2D eigenvalue weighted by Crippen LogP contribution is -2.52. The minimum Gasteiger partial charge on any atom is -0.339 e. The molecule has 27 heavy (non-hydrogen) atoms. The van der Waals surface area contributed by atoms with Crippen molar-refractivity contribution in [3.63, 3.8) is 0 Å². The summed E-state index contributed by atoms with van der Waals surface area (Å²) in [5, 5.41) is 13.7. The van der Waals surface area contributed by atoms with Gasteiger partial charge in [-0.2, -0.15) is 10.2 Å². The van der Waals surface area contributed by atoms with E-state index in [1.807, 2.05) is 30.6 Å². The van der Waals surface area contributed by atoms with Crippen molar-refractivity contribution in [3.05, 3.63) is 29.1 Å². The van der Waals surface area contributed by atoms with E-state index in [2.05, 4.69) is 25.4 Å². The molecule has 1 aliphatic heterocycles. The molecule has 3 heterocycles. The van der Waals surface area contributed by atoms with E-state index in [1.54, 1.807) is 0 Å². The number of aromatic amines is 2. The minimum absolute atomic E-state index is 0.0937. The zero-order chi connectivity index (χ0) is 19.4. The molecular formula is C18H27N7O2. The van der Waals surface area contributed by atoms with Gasteiger partial charge >= 0.3 is 0 Å². The largest absolute Gasteiger partial charge is 0.339 e. The summed E-state index contributed by atoms with van der Waals surface area (Å²) in [6.45, 7) is 8.23. The van der Waals surface area contributed by atoms with Gasteiger partial charge in [0.2, 0.25) is 11.8 Å². The highest BCUT2D eigenvalue weighted by atomic mass is 16.2. The molecular weight excluding hydrogens is 346 g/mol. The number of carbonyl (C=O) groups excluding carboxylic acids is 2. The summed E-state index contributed by atoms with van der Waals surface area (Å²) in [6, 6.07) is 0. The van der Waals surface area contributed by atoms with Crippen LogP contribution in [0.5, 0.6) is 0 Å². The summed E-state index contributed by atoms with van der Waals surface area (Å²) in [4.78, 5) is 32.9. The van der Waals surface area contributed by atoms with Gasteiger partial charge in [-0.15, -0.1) is 0 Å². The van der Waals surface area contributed by atoms with Crippen LogP contribution in [0.25, 0.3) is 0 Å². The van der Waals surface area contributed by atoms with Crippen LogP contribution in [-0.2, 0) is 22.4 Å². The maximum absolute atomic E-state index is 12.8. The summed E-state index contributed by atoms with van der Waals surface area (Å²) in [5.41, 5.74) is 3.10. The maximum Gasteiger partial charge on any atom is 0.225 e. The molecule has 9 heteroatoms. The number of piperazine rings is 1. The summed E-state index contributed by atoms with van der Waals surface area (Å²) in [5.74, 6) is 0.851. The number of hydrogen-bond donors (Lipinski definition) is 2. The van der Waals surface area contributed by atoms with Crippen molar-refractivity contribution >= 4 is 11.8 Å². The fourth-order valence-corrected chi connectivity index (χ4v) is 3.49. The first-order chi connectivity index (χ1) is 13.0. The van der Waals surface area contributed by atoms with E-state index in [0.717, 1.165) is 22.8 Å². The van der Waals surface area contributed by atoms with Gasteiger partial charge in [-0.3, -0.25) is 19.8 Å². The molecule has 3 rings (SSSR count). The van der Waals surface area contributed by atoms with E-state index < -0.39 is 0 Å². The van der Waals surface area contributed by atoms with Gasteiger partial charge in [-0.25, -0.2) is 4.98 Å². The van der Waals surface area contributed by atoms with Gasteiger partial charge in [-0.1, -0.05) is 6.92 Å². The van der Waals surface area contributed by atoms with Crippen LogP contribution < -0.4 is 0 Å². The van der Waals surface area contributed by atoms with Crippen molar-refractivity contribution in [2.24, 2.45) is 5.92 Å². The van der Waals surface area contributed by atoms with E-state index in [-0.39, 0.29) is 17.7 Å². The maximum atomic E-state index is 12.8. The molecule has 0 aliphatic carbocycles. The second-order valence-corrected chi connectivity index (χ2v) is 7.16. The summed E-state index contributed by atoms with van der Waals surface area (Å²) in [7, 11) is 0. The molecule has 0 aromatic carbocycles.